The summed E-state index contributed by atoms with van der Waals surface area (Å²) in [6, 6.07) is 0.607. The first-order valence-electron chi connectivity index (χ1n) is 8.92. The lowest BCUT2D eigenvalue weighted by molar-refractivity contribution is -0.0998. The topological polar surface area (TPSA) is 32.3 Å². The molecule has 0 radical (unpaired) electrons. The van der Waals surface area contributed by atoms with Crippen LogP contribution in [0, 0.1) is 28.6 Å². The van der Waals surface area contributed by atoms with Gasteiger partial charge in [-0.15, -0.1) is 0 Å². The van der Waals surface area contributed by atoms with Crippen LogP contribution in [0.1, 0.15) is 65.2 Å². The molecule has 2 nitrogen and oxygen atoms in total. The number of thiocarbonyl (C=S) groups is 1. The Morgan fingerprint density at radius 2 is 1.76 bits per heavy atom. The third-order valence-electron chi connectivity index (χ3n) is 8.04. The summed E-state index contributed by atoms with van der Waals surface area (Å²) in [4.78, 5) is 1.09. The van der Waals surface area contributed by atoms with Crippen LogP contribution in [-0.2, 0) is 0 Å². The lowest BCUT2D eigenvalue weighted by Crippen LogP contribution is -2.60. The summed E-state index contributed by atoms with van der Waals surface area (Å²) in [5, 5.41) is 14.1. The van der Waals surface area contributed by atoms with Crippen molar-refractivity contribution in [2.45, 2.75) is 77.4 Å². The van der Waals surface area contributed by atoms with Gasteiger partial charge in [-0.05, 0) is 80.0 Å². The Morgan fingerprint density at radius 3 is 2.57 bits per heavy atom. The second-order valence-electron chi connectivity index (χ2n) is 8.72. The lowest BCUT2D eigenvalue weighted by Gasteiger charge is -2.60. The molecular formula is C18H29NOS. The summed E-state index contributed by atoms with van der Waals surface area (Å²) >= 11 is 5.43. The Bertz CT molecular complexity index is 466. The molecule has 3 saturated carbocycles. The van der Waals surface area contributed by atoms with E-state index in [2.05, 4.69) is 19.2 Å². The smallest absolute Gasteiger partial charge is 0.0755 e. The summed E-state index contributed by atoms with van der Waals surface area (Å²) in [6.45, 7) is 4.89. The van der Waals surface area contributed by atoms with Crippen molar-refractivity contribution >= 4 is 17.2 Å². The minimum atomic E-state index is -0.0500. The number of rotatable bonds is 0. The second kappa shape index (κ2) is 4.67. The van der Waals surface area contributed by atoms with Gasteiger partial charge >= 0.3 is 0 Å². The molecule has 3 heteroatoms. The molecule has 4 rings (SSSR count). The first-order valence-corrected chi connectivity index (χ1v) is 9.33. The van der Waals surface area contributed by atoms with E-state index in [1.54, 1.807) is 0 Å². The molecule has 0 spiro atoms. The monoisotopic (exact) mass is 307 g/mol. The number of hydrogen-bond acceptors (Lipinski definition) is 2. The van der Waals surface area contributed by atoms with E-state index >= 15 is 0 Å². The van der Waals surface area contributed by atoms with Gasteiger partial charge < -0.3 is 10.4 Å². The van der Waals surface area contributed by atoms with Crippen LogP contribution in [-0.4, -0.2) is 22.2 Å². The molecule has 118 valence electrons. The molecule has 21 heavy (non-hydrogen) atoms. The normalized spacial score (nSPS) is 56.1. The Labute approximate surface area is 134 Å². The van der Waals surface area contributed by atoms with Gasteiger partial charge in [-0.25, -0.2) is 0 Å². The molecule has 0 aromatic heterocycles. The predicted octanol–water partition coefficient (Wildman–Crippen LogP) is 3.67. The van der Waals surface area contributed by atoms with Crippen molar-refractivity contribution in [2.75, 3.05) is 0 Å². The third kappa shape index (κ3) is 1.89. The SMILES string of the molecule is C[C@]12CCC(=S)N[C@@H]1CC[C@@H]1[C@@H]2CC[C@]2(C)C(O)CC[C@@H]12. The highest BCUT2D eigenvalue weighted by molar-refractivity contribution is 7.80. The highest BCUT2D eigenvalue weighted by atomic mass is 32.1. The summed E-state index contributed by atoms with van der Waals surface area (Å²) in [7, 11) is 0. The minimum absolute atomic E-state index is 0.0500. The van der Waals surface area contributed by atoms with Gasteiger partial charge in [-0.1, -0.05) is 26.1 Å². The van der Waals surface area contributed by atoms with E-state index in [1.165, 1.54) is 38.5 Å². The Hall–Kier alpha value is -0.150. The Morgan fingerprint density at radius 1 is 1.00 bits per heavy atom. The first kappa shape index (κ1) is 14.4. The zero-order valence-electron chi connectivity index (χ0n) is 13.4. The quantitative estimate of drug-likeness (QED) is 0.670. The molecule has 2 N–H and O–H groups in total. The van der Waals surface area contributed by atoms with Crippen molar-refractivity contribution in [3.8, 4) is 0 Å². The van der Waals surface area contributed by atoms with E-state index in [-0.39, 0.29) is 11.5 Å². The molecule has 7 atom stereocenters. The van der Waals surface area contributed by atoms with E-state index in [9.17, 15) is 5.11 Å². The van der Waals surface area contributed by atoms with Crippen LogP contribution < -0.4 is 5.32 Å². The predicted molar refractivity (Wildman–Crippen MR) is 89.1 cm³/mol. The first-order chi connectivity index (χ1) is 9.95. The molecule has 1 saturated heterocycles. The van der Waals surface area contributed by atoms with Gasteiger partial charge in [0.2, 0.25) is 0 Å². The fourth-order valence-electron chi connectivity index (χ4n) is 6.67. The lowest BCUT2D eigenvalue weighted by atomic mass is 9.47. The molecule has 1 heterocycles. The van der Waals surface area contributed by atoms with Crippen molar-refractivity contribution in [2.24, 2.45) is 28.6 Å². The van der Waals surface area contributed by atoms with Crippen LogP contribution in [0.25, 0.3) is 0 Å². The molecule has 0 amide bonds. The molecular weight excluding hydrogens is 278 g/mol. The highest BCUT2D eigenvalue weighted by Gasteiger charge is 2.59. The molecule has 1 aliphatic heterocycles. The minimum Gasteiger partial charge on any atom is -0.393 e. The maximum atomic E-state index is 10.5. The van der Waals surface area contributed by atoms with Crippen molar-refractivity contribution in [1.82, 2.24) is 5.32 Å². The van der Waals surface area contributed by atoms with Gasteiger partial charge in [-0.3, -0.25) is 0 Å². The van der Waals surface area contributed by atoms with Gasteiger partial charge in [0.25, 0.3) is 0 Å². The number of hydrogen-bond donors (Lipinski definition) is 2. The number of piperidine rings is 1. The molecule has 0 aromatic carbocycles. The highest BCUT2D eigenvalue weighted by Crippen LogP contribution is 2.63. The van der Waals surface area contributed by atoms with Gasteiger partial charge in [0.1, 0.15) is 0 Å². The van der Waals surface area contributed by atoms with Crippen LogP contribution >= 0.6 is 12.2 Å². The maximum absolute atomic E-state index is 10.5. The largest absolute Gasteiger partial charge is 0.393 e. The third-order valence-corrected chi connectivity index (χ3v) is 8.37. The Kier molecular flexibility index (Phi) is 3.21. The summed E-state index contributed by atoms with van der Waals surface area (Å²) in [5.74, 6) is 2.45. The van der Waals surface area contributed by atoms with E-state index in [0.717, 1.165) is 35.6 Å². The van der Waals surface area contributed by atoms with Crippen LogP contribution in [0.2, 0.25) is 0 Å². The Balaban J connectivity index is 1.64. The van der Waals surface area contributed by atoms with Crippen molar-refractivity contribution < 1.29 is 5.11 Å². The van der Waals surface area contributed by atoms with Crippen LogP contribution in [0.4, 0.5) is 0 Å². The average Bonchev–Trinajstić information content (AvgIpc) is 2.76. The second-order valence-corrected chi connectivity index (χ2v) is 9.21. The standard InChI is InChI=1S/C18H29NOS/c1-17-10-8-16(21)19-14(17)5-3-11-12-4-6-15(20)18(12,2)9-7-13(11)17/h11-15,20H,3-10H2,1-2H3,(H,19,21)/t11-,12-,13-,14+,15?,17+,18-/m0/s1. The van der Waals surface area contributed by atoms with Crippen LogP contribution in [0.3, 0.4) is 0 Å². The van der Waals surface area contributed by atoms with Crippen molar-refractivity contribution in [3.05, 3.63) is 0 Å². The summed E-state index contributed by atoms with van der Waals surface area (Å²) in [6.07, 6.45) is 9.76. The average molecular weight is 308 g/mol. The molecule has 4 aliphatic rings. The number of fused-ring (bicyclic) bond motifs is 5. The molecule has 3 aliphatic carbocycles. The van der Waals surface area contributed by atoms with Gasteiger partial charge in [-0.2, -0.15) is 0 Å². The summed E-state index contributed by atoms with van der Waals surface area (Å²) < 4.78 is 0. The zero-order valence-corrected chi connectivity index (χ0v) is 14.2. The summed E-state index contributed by atoms with van der Waals surface area (Å²) in [5.41, 5.74) is 0.641. The van der Waals surface area contributed by atoms with Gasteiger partial charge in [0, 0.05) is 6.04 Å². The molecule has 1 unspecified atom stereocenters. The number of aliphatic hydroxyl groups excluding tert-OH is 1. The van der Waals surface area contributed by atoms with Crippen LogP contribution in [0.5, 0.6) is 0 Å². The molecule has 0 bridgehead atoms. The number of aliphatic hydroxyl groups is 1. The van der Waals surface area contributed by atoms with Crippen molar-refractivity contribution in [1.29, 1.82) is 0 Å². The van der Waals surface area contributed by atoms with Crippen LogP contribution in [0.15, 0.2) is 0 Å². The van der Waals surface area contributed by atoms with Crippen molar-refractivity contribution in [3.63, 3.8) is 0 Å². The van der Waals surface area contributed by atoms with Gasteiger partial charge in [0.05, 0.1) is 11.1 Å². The van der Waals surface area contributed by atoms with E-state index < -0.39 is 0 Å². The maximum Gasteiger partial charge on any atom is 0.0755 e. The number of nitrogens with one attached hydrogen (secondary N) is 1. The fourth-order valence-corrected chi connectivity index (χ4v) is 6.92. The molecule has 0 aromatic rings. The fraction of sp³-hybridized carbons (Fsp3) is 0.944. The zero-order chi connectivity index (χ0) is 14.8. The molecule has 4 fully saturated rings. The van der Waals surface area contributed by atoms with E-state index in [4.69, 9.17) is 12.2 Å². The van der Waals surface area contributed by atoms with E-state index in [0.29, 0.717) is 11.5 Å². The van der Waals surface area contributed by atoms with Gasteiger partial charge in [0.15, 0.2) is 0 Å². The van der Waals surface area contributed by atoms with E-state index in [1.807, 2.05) is 0 Å².